The van der Waals surface area contributed by atoms with Crippen LogP contribution in [-0.2, 0) is 16.1 Å². The monoisotopic (exact) mass is 482 g/mol. The van der Waals surface area contributed by atoms with Crippen LogP contribution < -0.4 is 15.8 Å². The number of amides is 1. The second-order valence-corrected chi connectivity index (χ2v) is 9.21. The molecule has 188 valence electrons. The highest BCUT2D eigenvalue weighted by Crippen LogP contribution is 2.35. The molecule has 0 aliphatic carbocycles. The van der Waals surface area contributed by atoms with Crippen molar-refractivity contribution in [3.8, 4) is 5.75 Å². The summed E-state index contributed by atoms with van der Waals surface area (Å²) in [6, 6.07) is 5.46. The normalized spacial score (nSPS) is 13.1. The standard InChI is InChI=1S/C26H42N2O4.ClH/c1-18(2)10-8-6-7-9-11-24(29)28-17-20-12-13-22(23(15-20)32-5)25(26(30)31)21(16-27)14-19(3)4;/h8,10,12-13,15,18-19,21,25H,6-7,9,11,14,16-17,27H2,1-5H3,(H,28,29)(H,30,31);1H/b10-8+;/t21?,25-;/m1./s1. The molecule has 1 aromatic rings. The zero-order chi connectivity index (χ0) is 24.1. The molecule has 1 unspecified atom stereocenters. The van der Waals surface area contributed by atoms with Crippen LogP contribution in [0.1, 0.15) is 76.8 Å². The van der Waals surface area contributed by atoms with Crippen LogP contribution in [0.5, 0.6) is 5.75 Å². The number of carboxylic acid groups (broad SMARTS) is 1. The van der Waals surface area contributed by atoms with Crippen LogP contribution in [0.2, 0.25) is 0 Å². The van der Waals surface area contributed by atoms with Crippen molar-refractivity contribution in [3.05, 3.63) is 41.5 Å². The molecule has 0 bridgehead atoms. The smallest absolute Gasteiger partial charge is 0.311 e. The lowest BCUT2D eigenvalue weighted by molar-refractivity contribution is -0.140. The first-order valence-corrected chi connectivity index (χ1v) is 11.7. The summed E-state index contributed by atoms with van der Waals surface area (Å²) in [6.07, 6.45) is 8.43. The first-order chi connectivity index (χ1) is 15.2. The maximum Gasteiger partial charge on any atom is 0.311 e. The lowest BCUT2D eigenvalue weighted by Gasteiger charge is -2.26. The molecule has 0 saturated carbocycles. The highest BCUT2D eigenvalue weighted by atomic mass is 35.5. The van der Waals surface area contributed by atoms with Gasteiger partial charge < -0.3 is 20.9 Å². The quantitative estimate of drug-likeness (QED) is 0.232. The number of rotatable bonds is 15. The second kappa shape index (κ2) is 16.5. The summed E-state index contributed by atoms with van der Waals surface area (Å²) in [6.45, 7) is 9.10. The molecule has 0 saturated heterocycles. The van der Waals surface area contributed by atoms with Crippen molar-refractivity contribution < 1.29 is 19.4 Å². The molecule has 6 nitrogen and oxygen atoms in total. The van der Waals surface area contributed by atoms with Gasteiger partial charge in [-0.25, -0.2) is 0 Å². The van der Waals surface area contributed by atoms with Gasteiger partial charge in [-0.1, -0.05) is 52.0 Å². The molecule has 0 heterocycles. The average molecular weight is 483 g/mol. The summed E-state index contributed by atoms with van der Waals surface area (Å²) < 4.78 is 5.52. The summed E-state index contributed by atoms with van der Waals surface area (Å²) in [5, 5.41) is 12.8. The van der Waals surface area contributed by atoms with E-state index in [0.29, 0.717) is 42.7 Å². The van der Waals surface area contributed by atoms with Gasteiger partial charge in [0.05, 0.1) is 13.0 Å². The maximum absolute atomic E-state index is 12.2. The molecule has 0 aliphatic heterocycles. The van der Waals surface area contributed by atoms with Crippen LogP contribution in [-0.4, -0.2) is 30.6 Å². The molecule has 33 heavy (non-hydrogen) atoms. The second-order valence-electron chi connectivity index (χ2n) is 9.21. The van der Waals surface area contributed by atoms with Crippen molar-refractivity contribution in [2.45, 2.75) is 72.3 Å². The van der Waals surface area contributed by atoms with E-state index in [1.807, 2.05) is 12.1 Å². The zero-order valence-electron chi connectivity index (χ0n) is 20.8. The Balaban J connectivity index is 0.0000102. The van der Waals surface area contributed by atoms with E-state index in [2.05, 4.69) is 45.2 Å². The van der Waals surface area contributed by atoms with Gasteiger partial charge in [-0.15, -0.1) is 12.4 Å². The van der Waals surface area contributed by atoms with E-state index in [1.165, 1.54) is 7.11 Å². The van der Waals surface area contributed by atoms with Crippen LogP contribution in [0.25, 0.3) is 0 Å². The summed E-state index contributed by atoms with van der Waals surface area (Å²) in [7, 11) is 1.54. The van der Waals surface area contributed by atoms with E-state index < -0.39 is 11.9 Å². The number of aliphatic carboxylic acids is 1. The largest absolute Gasteiger partial charge is 0.496 e. The minimum atomic E-state index is -0.899. The van der Waals surface area contributed by atoms with Crippen LogP contribution in [0.15, 0.2) is 30.4 Å². The van der Waals surface area contributed by atoms with Gasteiger partial charge in [0.2, 0.25) is 5.91 Å². The fraction of sp³-hybridized carbons (Fsp3) is 0.615. The van der Waals surface area contributed by atoms with Gasteiger partial charge >= 0.3 is 5.97 Å². The summed E-state index contributed by atoms with van der Waals surface area (Å²) in [4.78, 5) is 24.2. The molecule has 1 rings (SSSR count). The molecule has 0 radical (unpaired) electrons. The Hall–Kier alpha value is -2.05. The lowest BCUT2D eigenvalue weighted by atomic mass is 9.80. The number of nitrogens with two attached hydrogens (primary N) is 1. The Labute approximate surface area is 205 Å². The van der Waals surface area contributed by atoms with E-state index in [1.54, 1.807) is 6.07 Å². The number of methoxy groups -OCH3 is 1. The minimum absolute atomic E-state index is 0. The highest BCUT2D eigenvalue weighted by molar-refractivity contribution is 5.85. The average Bonchev–Trinajstić information content (AvgIpc) is 2.73. The number of ether oxygens (including phenoxy) is 1. The first kappa shape index (κ1) is 30.9. The number of benzene rings is 1. The van der Waals surface area contributed by atoms with E-state index in [-0.39, 0.29) is 24.2 Å². The van der Waals surface area contributed by atoms with Crippen LogP contribution >= 0.6 is 12.4 Å². The van der Waals surface area contributed by atoms with Gasteiger partial charge in [0, 0.05) is 18.5 Å². The van der Waals surface area contributed by atoms with E-state index >= 15 is 0 Å². The maximum atomic E-state index is 12.2. The predicted molar refractivity (Wildman–Crippen MR) is 137 cm³/mol. The van der Waals surface area contributed by atoms with Gasteiger partial charge in [-0.05, 0) is 61.6 Å². The van der Waals surface area contributed by atoms with Crippen LogP contribution in [0.3, 0.4) is 0 Å². The Morgan fingerprint density at radius 3 is 2.42 bits per heavy atom. The van der Waals surface area contributed by atoms with Gasteiger partial charge in [0.1, 0.15) is 5.75 Å². The number of nitrogens with one attached hydrogen (secondary N) is 1. The van der Waals surface area contributed by atoms with Gasteiger partial charge in [-0.2, -0.15) is 0 Å². The fourth-order valence-electron chi connectivity index (χ4n) is 3.89. The number of carboxylic acids is 1. The molecular formula is C26H43ClN2O4. The highest BCUT2D eigenvalue weighted by Gasteiger charge is 2.31. The Morgan fingerprint density at radius 2 is 1.88 bits per heavy atom. The number of hydrogen-bond donors (Lipinski definition) is 3. The number of halogens is 1. The summed E-state index contributed by atoms with van der Waals surface area (Å²) in [5.41, 5.74) is 7.42. The molecule has 0 aromatic heterocycles. The van der Waals surface area contributed by atoms with Crippen molar-refractivity contribution in [1.29, 1.82) is 0 Å². The molecular weight excluding hydrogens is 440 g/mol. The van der Waals surface area contributed by atoms with Crippen molar-refractivity contribution in [1.82, 2.24) is 5.32 Å². The Morgan fingerprint density at radius 1 is 1.18 bits per heavy atom. The lowest BCUT2D eigenvalue weighted by Crippen LogP contribution is -2.29. The molecule has 1 aromatic carbocycles. The fourth-order valence-corrected chi connectivity index (χ4v) is 3.89. The SMILES string of the molecule is COc1cc(CNC(=O)CCCC/C=C/C(C)C)ccc1[C@H](C(=O)O)C(CN)CC(C)C.Cl. The van der Waals surface area contributed by atoms with Crippen molar-refractivity contribution in [2.75, 3.05) is 13.7 Å². The van der Waals surface area contributed by atoms with Crippen molar-refractivity contribution in [3.63, 3.8) is 0 Å². The predicted octanol–water partition coefficient (Wildman–Crippen LogP) is 5.30. The van der Waals surface area contributed by atoms with Crippen molar-refractivity contribution in [2.24, 2.45) is 23.5 Å². The topological polar surface area (TPSA) is 102 Å². The molecule has 1 amide bonds. The van der Waals surface area contributed by atoms with Crippen molar-refractivity contribution >= 4 is 24.3 Å². The van der Waals surface area contributed by atoms with Gasteiger partial charge in [0.15, 0.2) is 0 Å². The molecule has 4 N–H and O–H groups in total. The third kappa shape index (κ3) is 11.6. The molecule has 2 atom stereocenters. The third-order valence-corrected chi connectivity index (χ3v) is 5.48. The number of allylic oxidation sites excluding steroid dienone is 2. The minimum Gasteiger partial charge on any atom is -0.496 e. The van der Waals surface area contributed by atoms with Crippen LogP contribution in [0, 0.1) is 17.8 Å². The molecule has 0 fully saturated rings. The van der Waals surface area contributed by atoms with Gasteiger partial charge in [-0.3, -0.25) is 9.59 Å². The summed E-state index contributed by atoms with van der Waals surface area (Å²) >= 11 is 0. The van der Waals surface area contributed by atoms with Crippen LogP contribution in [0.4, 0.5) is 0 Å². The Kier molecular flexibility index (Phi) is 15.5. The number of carbonyl (C=O) groups excluding carboxylic acids is 1. The first-order valence-electron chi connectivity index (χ1n) is 11.7. The summed E-state index contributed by atoms with van der Waals surface area (Å²) in [5.74, 6) is -0.370. The molecule has 7 heteroatoms. The zero-order valence-corrected chi connectivity index (χ0v) is 21.6. The molecule has 0 aliphatic rings. The van der Waals surface area contributed by atoms with Gasteiger partial charge in [0.25, 0.3) is 0 Å². The van der Waals surface area contributed by atoms with E-state index in [9.17, 15) is 14.7 Å². The van der Waals surface area contributed by atoms with E-state index in [0.717, 1.165) is 31.2 Å². The third-order valence-electron chi connectivity index (χ3n) is 5.48. The Bertz CT molecular complexity index is 750. The number of hydrogen-bond acceptors (Lipinski definition) is 4. The number of carbonyl (C=O) groups is 2. The molecule has 0 spiro atoms. The number of unbranched alkanes of at least 4 members (excludes halogenated alkanes) is 2. The van der Waals surface area contributed by atoms with E-state index in [4.69, 9.17) is 10.5 Å².